The number of aromatic carboxylic acids is 1. The van der Waals surface area contributed by atoms with Crippen molar-refractivity contribution in [1.82, 2.24) is 9.97 Å². The molecule has 1 N–H and O–H groups in total. The van der Waals surface area contributed by atoms with E-state index in [-0.39, 0.29) is 5.69 Å². The van der Waals surface area contributed by atoms with Gasteiger partial charge in [-0.15, -0.1) is 0 Å². The van der Waals surface area contributed by atoms with Crippen molar-refractivity contribution >= 4 is 30.1 Å². The number of carboxylic acid groups (broad SMARTS) is 1. The van der Waals surface area contributed by atoms with Crippen molar-refractivity contribution in [3.63, 3.8) is 0 Å². The second kappa shape index (κ2) is 5.26. The van der Waals surface area contributed by atoms with Gasteiger partial charge in [0.2, 0.25) is 0 Å². The van der Waals surface area contributed by atoms with Crippen molar-refractivity contribution in [2.24, 2.45) is 0 Å². The van der Waals surface area contributed by atoms with Gasteiger partial charge in [-0.05, 0) is 18.4 Å². The van der Waals surface area contributed by atoms with E-state index in [1.807, 2.05) is 0 Å². The highest BCUT2D eigenvalue weighted by Crippen LogP contribution is 2.13. The topological polar surface area (TPSA) is 80.2 Å². The van der Waals surface area contributed by atoms with Gasteiger partial charge in [-0.2, -0.15) is 0 Å². The summed E-state index contributed by atoms with van der Waals surface area (Å²) in [5.74, 6) is -1.14. The Bertz CT molecular complexity index is 418. The number of aldehydes is 1. The van der Waals surface area contributed by atoms with Crippen molar-refractivity contribution < 1.29 is 14.7 Å². The van der Waals surface area contributed by atoms with Crippen LogP contribution < -0.4 is 0 Å². The molecule has 1 rings (SSSR count). The summed E-state index contributed by atoms with van der Waals surface area (Å²) in [7, 11) is 0. The standard InChI is InChI=1S/C9H8N2O3S/c1-15-9-10-5-6(3-2-4-12)7(11-9)8(13)14/h2-5H,1H3,(H,13,14). The molecule has 0 aromatic carbocycles. The highest BCUT2D eigenvalue weighted by molar-refractivity contribution is 7.98. The van der Waals surface area contributed by atoms with E-state index in [0.29, 0.717) is 17.0 Å². The molecule has 0 atom stereocenters. The van der Waals surface area contributed by atoms with E-state index in [0.717, 1.165) is 0 Å². The average molecular weight is 224 g/mol. The average Bonchev–Trinajstić information content (AvgIpc) is 2.26. The zero-order chi connectivity index (χ0) is 11.3. The zero-order valence-corrected chi connectivity index (χ0v) is 8.69. The first kappa shape index (κ1) is 11.4. The molecule has 78 valence electrons. The van der Waals surface area contributed by atoms with Gasteiger partial charge in [-0.3, -0.25) is 4.79 Å². The molecule has 6 heteroatoms. The summed E-state index contributed by atoms with van der Waals surface area (Å²) in [5, 5.41) is 9.25. The SMILES string of the molecule is CSc1ncc(C=CC=O)c(C(=O)O)n1. The fourth-order valence-electron chi connectivity index (χ4n) is 0.910. The predicted octanol–water partition coefficient (Wildman–Crippen LogP) is 1.11. The van der Waals surface area contributed by atoms with Gasteiger partial charge in [0.15, 0.2) is 10.9 Å². The van der Waals surface area contributed by atoms with Crippen molar-refractivity contribution in [2.45, 2.75) is 5.16 Å². The van der Waals surface area contributed by atoms with Crippen LogP contribution in [0.4, 0.5) is 0 Å². The van der Waals surface area contributed by atoms with Gasteiger partial charge in [0.1, 0.15) is 6.29 Å². The van der Waals surface area contributed by atoms with Crippen LogP contribution in [0.1, 0.15) is 16.1 Å². The summed E-state index contributed by atoms with van der Waals surface area (Å²) in [6.45, 7) is 0. The minimum atomic E-state index is -1.14. The summed E-state index contributed by atoms with van der Waals surface area (Å²) in [5.41, 5.74) is 0.208. The second-order valence-corrected chi connectivity index (χ2v) is 3.23. The summed E-state index contributed by atoms with van der Waals surface area (Å²) < 4.78 is 0. The molecule has 0 fully saturated rings. The first-order valence-electron chi connectivity index (χ1n) is 3.95. The third-order valence-corrected chi connectivity index (χ3v) is 2.10. The summed E-state index contributed by atoms with van der Waals surface area (Å²) in [6, 6.07) is 0. The van der Waals surface area contributed by atoms with Crippen LogP contribution >= 0.6 is 11.8 Å². The zero-order valence-electron chi connectivity index (χ0n) is 7.88. The van der Waals surface area contributed by atoms with Gasteiger partial charge in [-0.25, -0.2) is 14.8 Å². The molecule has 0 radical (unpaired) electrons. The molecule has 5 nitrogen and oxygen atoms in total. The molecule has 0 saturated carbocycles. The van der Waals surface area contributed by atoms with Gasteiger partial charge in [0.05, 0.1) is 0 Å². The highest BCUT2D eigenvalue weighted by Gasteiger charge is 2.11. The fraction of sp³-hybridized carbons (Fsp3) is 0.111. The quantitative estimate of drug-likeness (QED) is 0.357. The van der Waals surface area contributed by atoms with E-state index in [4.69, 9.17) is 5.11 Å². The number of thioether (sulfide) groups is 1. The number of hydrogen-bond acceptors (Lipinski definition) is 5. The first-order chi connectivity index (χ1) is 7.19. The molecular formula is C9H8N2O3S. The lowest BCUT2D eigenvalue weighted by Gasteiger charge is -2.01. The number of rotatable bonds is 4. The Labute approximate surface area is 90.2 Å². The molecule has 0 unspecified atom stereocenters. The van der Waals surface area contributed by atoms with Gasteiger partial charge >= 0.3 is 5.97 Å². The molecule has 0 saturated heterocycles. The molecule has 0 aliphatic heterocycles. The van der Waals surface area contributed by atoms with Crippen LogP contribution in [0, 0.1) is 0 Å². The van der Waals surface area contributed by atoms with Crippen molar-refractivity contribution in [3.8, 4) is 0 Å². The van der Waals surface area contributed by atoms with E-state index in [1.165, 1.54) is 30.1 Å². The van der Waals surface area contributed by atoms with E-state index in [9.17, 15) is 9.59 Å². The summed E-state index contributed by atoms with van der Waals surface area (Å²) in [6.07, 6.45) is 6.25. The molecule has 1 aromatic heterocycles. The Kier molecular flexibility index (Phi) is 3.99. The number of hydrogen-bond donors (Lipinski definition) is 1. The predicted molar refractivity (Wildman–Crippen MR) is 55.9 cm³/mol. The molecule has 0 amide bonds. The number of nitrogens with zero attached hydrogens (tertiary/aromatic N) is 2. The van der Waals surface area contributed by atoms with E-state index in [1.54, 1.807) is 6.26 Å². The maximum Gasteiger partial charge on any atom is 0.355 e. The minimum absolute atomic E-state index is 0.104. The minimum Gasteiger partial charge on any atom is -0.476 e. The van der Waals surface area contributed by atoms with Crippen molar-refractivity contribution in [3.05, 3.63) is 23.5 Å². The Hall–Kier alpha value is -1.69. The van der Waals surface area contributed by atoms with Crippen molar-refractivity contribution in [1.29, 1.82) is 0 Å². The van der Waals surface area contributed by atoms with Crippen LogP contribution in [0.2, 0.25) is 0 Å². The lowest BCUT2D eigenvalue weighted by atomic mass is 10.2. The largest absolute Gasteiger partial charge is 0.476 e. The van der Waals surface area contributed by atoms with Crippen molar-refractivity contribution in [2.75, 3.05) is 6.26 Å². The monoisotopic (exact) mass is 224 g/mol. The number of aromatic nitrogens is 2. The Balaban J connectivity index is 3.20. The summed E-state index contributed by atoms with van der Waals surface area (Å²) in [4.78, 5) is 28.7. The normalized spacial score (nSPS) is 10.5. The molecule has 15 heavy (non-hydrogen) atoms. The molecule has 1 aromatic rings. The first-order valence-corrected chi connectivity index (χ1v) is 5.17. The Morgan fingerprint density at radius 3 is 2.87 bits per heavy atom. The fourth-order valence-corrected chi connectivity index (χ4v) is 1.25. The van der Waals surface area contributed by atoms with Gasteiger partial charge in [0, 0.05) is 11.8 Å². The maximum absolute atomic E-state index is 10.8. The third kappa shape index (κ3) is 2.88. The van der Waals surface area contributed by atoms with E-state index < -0.39 is 5.97 Å². The number of carbonyl (C=O) groups excluding carboxylic acids is 1. The molecule has 1 heterocycles. The van der Waals surface area contributed by atoms with Crippen LogP contribution in [-0.4, -0.2) is 33.6 Å². The van der Waals surface area contributed by atoms with Crippen LogP contribution in [0.5, 0.6) is 0 Å². The summed E-state index contributed by atoms with van der Waals surface area (Å²) >= 11 is 1.25. The second-order valence-electron chi connectivity index (χ2n) is 2.46. The molecule has 0 spiro atoms. The number of carbonyl (C=O) groups is 2. The Morgan fingerprint density at radius 1 is 1.60 bits per heavy atom. The molecule has 0 aliphatic rings. The van der Waals surface area contributed by atoms with E-state index in [2.05, 4.69) is 9.97 Å². The van der Waals surface area contributed by atoms with Crippen LogP contribution in [-0.2, 0) is 4.79 Å². The molecular weight excluding hydrogens is 216 g/mol. The van der Waals surface area contributed by atoms with Crippen LogP contribution in [0.3, 0.4) is 0 Å². The number of allylic oxidation sites excluding steroid dienone is 1. The van der Waals surface area contributed by atoms with Crippen LogP contribution in [0.25, 0.3) is 6.08 Å². The maximum atomic E-state index is 10.8. The molecule has 0 aliphatic carbocycles. The number of carboxylic acids is 1. The van der Waals surface area contributed by atoms with Crippen LogP contribution in [0.15, 0.2) is 17.4 Å². The smallest absolute Gasteiger partial charge is 0.355 e. The van der Waals surface area contributed by atoms with Gasteiger partial charge in [-0.1, -0.05) is 11.8 Å². The van der Waals surface area contributed by atoms with Gasteiger partial charge in [0.25, 0.3) is 0 Å². The highest BCUT2D eigenvalue weighted by atomic mass is 32.2. The lowest BCUT2D eigenvalue weighted by molar-refractivity contribution is -0.104. The lowest BCUT2D eigenvalue weighted by Crippen LogP contribution is -2.05. The molecule has 0 bridgehead atoms. The Morgan fingerprint density at radius 2 is 2.33 bits per heavy atom. The van der Waals surface area contributed by atoms with E-state index >= 15 is 0 Å². The van der Waals surface area contributed by atoms with Gasteiger partial charge < -0.3 is 5.11 Å². The third-order valence-electron chi connectivity index (χ3n) is 1.53.